The zero-order valence-electron chi connectivity index (χ0n) is 13.9. The summed E-state index contributed by atoms with van der Waals surface area (Å²) in [6.45, 7) is 2.91. The van der Waals surface area contributed by atoms with Gasteiger partial charge in [0.25, 0.3) is 0 Å². The van der Waals surface area contributed by atoms with Crippen molar-refractivity contribution in [2.45, 2.75) is 58.3 Å². The van der Waals surface area contributed by atoms with Crippen LogP contribution in [-0.2, 0) is 9.59 Å². The molecule has 1 saturated carbocycles. The van der Waals surface area contributed by atoms with Gasteiger partial charge in [-0.05, 0) is 19.3 Å². The van der Waals surface area contributed by atoms with Gasteiger partial charge in [-0.2, -0.15) is 0 Å². The third-order valence-electron chi connectivity index (χ3n) is 4.34. The van der Waals surface area contributed by atoms with E-state index in [-0.39, 0.29) is 24.3 Å². The maximum absolute atomic E-state index is 12.7. The largest absolute Gasteiger partial charge is 0.363 e. The van der Waals surface area contributed by atoms with Crippen molar-refractivity contribution >= 4 is 17.6 Å². The number of aromatic nitrogens is 1. The fourth-order valence-corrected chi connectivity index (χ4v) is 3.06. The van der Waals surface area contributed by atoms with Crippen LogP contribution in [0.2, 0.25) is 0 Å². The molecule has 1 aliphatic rings. The lowest BCUT2D eigenvalue weighted by atomic mass is 10.1. The molecule has 2 amide bonds. The molecule has 2 rings (SSSR count). The molecule has 0 bridgehead atoms. The maximum Gasteiger partial charge on any atom is 0.245 e. The summed E-state index contributed by atoms with van der Waals surface area (Å²) in [7, 11) is 0. The van der Waals surface area contributed by atoms with Crippen LogP contribution in [0.1, 0.15) is 58.3 Å². The Kier molecular flexibility index (Phi) is 7.10. The zero-order chi connectivity index (χ0) is 16.5. The molecule has 1 aromatic rings. The first kappa shape index (κ1) is 17.5. The van der Waals surface area contributed by atoms with Gasteiger partial charge >= 0.3 is 0 Å². The molecule has 1 fully saturated rings. The van der Waals surface area contributed by atoms with Crippen molar-refractivity contribution in [2.24, 2.45) is 5.92 Å². The van der Waals surface area contributed by atoms with E-state index >= 15 is 0 Å². The highest BCUT2D eigenvalue weighted by Gasteiger charge is 2.28. The Labute approximate surface area is 137 Å². The van der Waals surface area contributed by atoms with Gasteiger partial charge in [0.1, 0.15) is 6.26 Å². The third-order valence-corrected chi connectivity index (χ3v) is 4.34. The standard InChI is InChI=1S/C17H27N3O3/c1-2-3-4-7-11-20(17(22)14-8-5-6-9-14)13-16(21)18-15-10-12-23-19-15/h10,12,14H,2-9,11,13H2,1H3,(H,18,19,21). The number of amides is 2. The lowest BCUT2D eigenvalue weighted by molar-refractivity contribution is -0.138. The zero-order valence-corrected chi connectivity index (χ0v) is 13.9. The molecule has 6 nitrogen and oxygen atoms in total. The molecule has 0 atom stereocenters. The number of anilines is 1. The summed E-state index contributed by atoms with van der Waals surface area (Å²) in [5, 5.41) is 6.32. The number of carbonyl (C=O) groups is 2. The highest BCUT2D eigenvalue weighted by molar-refractivity contribution is 5.94. The van der Waals surface area contributed by atoms with Crippen LogP contribution in [0.15, 0.2) is 16.9 Å². The monoisotopic (exact) mass is 321 g/mol. The molecule has 0 spiro atoms. The van der Waals surface area contributed by atoms with Crippen molar-refractivity contribution in [3.05, 3.63) is 12.3 Å². The Morgan fingerprint density at radius 2 is 2.09 bits per heavy atom. The van der Waals surface area contributed by atoms with Crippen LogP contribution in [0, 0.1) is 5.92 Å². The van der Waals surface area contributed by atoms with Crippen LogP contribution >= 0.6 is 0 Å². The summed E-state index contributed by atoms with van der Waals surface area (Å²) >= 11 is 0. The molecule has 1 heterocycles. The molecule has 6 heteroatoms. The summed E-state index contributed by atoms with van der Waals surface area (Å²) in [5.74, 6) is 0.394. The molecular weight excluding hydrogens is 294 g/mol. The third kappa shape index (κ3) is 5.69. The van der Waals surface area contributed by atoms with Crippen molar-refractivity contribution in [1.82, 2.24) is 10.1 Å². The fraction of sp³-hybridized carbons (Fsp3) is 0.706. The van der Waals surface area contributed by atoms with Gasteiger partial charge in [0.05, 0.1) is 6.54 Å². The number of rotatable bonds is 9. The highest BCUT2D eigenvalue weighted by Crippen LogP contribution is 2.26. The second-order valence-electron chi connectivity index (χ2n) is 6.23. The first-order valence-corrected chi connectivity index (χ1v) is 8.69. The predicted molar refractivity (Wildman–Crippen MR) is 87.8 cm³/mol. The molecule has 128 valence electrons. The molecule has 1 aromatic heterocycles. The number of hydrogen-bond acceptors (Lipinski definition) is 4. The summed E-state index contributed by atoms with van der Waals surface area (Å²) in [5.41, 5.74) is 0. The average Bonchev–Trinajstić information content (AvgIpc) is 3.22. The Bertz CT molecular complexity index is 481. The van der Waals surface area contributed by atoms with Crippen LogP contribution in [-0.4, -0.2) is 35.0 Å². The minimum atomic E-state index is -0.222. The number of nitrogens with zero attached hydrogens (tertiary/aromatic N) is 2. The number of unbranched alkanes of at least 4 members (excludes halogenated alkanes) is 3. The molecule has 0 radical (unpaired) electrons. The minimum Gasteiger partial charge on any atom is -0.363 e. The van der Waals surface area contributed by atoms with Crippen LogP contribution in [0.3, 0.4) is 0 Å². The molecule has 0 saturated heterocycles. The lowest BCUT2D eigenvalue weighted by Crippen LogP contribution is -2.41. The van der Waals surface area contributed by atoms with E-state index in [9.17, 15) is 9.59 Å². The van der Waals surface area contributed by atoms with Gasteiger partial charge in [0.15, 0.2) is 5.82 Å². The normalized spacial score (nSPS) is 14.8. The van der Waals surface area contributed by atoms with Gasteiger partial charge in [-0.15, -0.1) is 0 Å². The molecule has 1 N–H and O–H groups in total. The van der Waals surface area contributed by atoms with E-state index in [0.29, 0.717) is 12.4 Å². The van der Waals surface area contributed by atoms with E-state index in [1.54, 1.807) is 11.0 Å². The maximum atomic E-state index is 12.7. The molecule has 1 aliphatic carbocycles. The summed E-state index contributed by atoms with van der Waals surface area (Å²) in [4.78, 5) is 26.5. The highest BCUT2D eigenvalue weighted by atomic mass is 16.5. The van der Waals surface area contributed by atoms with Gasteiger partial charge < -0.3 is 14.7 Å². The molecule has 23 heavy (non-hydrogen) atoms. The number of carbonyl (C=O) groups excluding carboxylic acids is 2. The fourth-order valence-electron chi connectivity index (χ4n) is 3.06. The van der Waals surface area contributed by atoms with Gasteiger partial charge in [0, 0.05) is 18.5 Å². The summed E-state index contributed by atoms with van der Waals surface area (Å²) in [6.07, 6.45) is 9.90. The molecular formula is C17H27N3O3. The van der Waals surface area contributed by atoms with Gasteiger partial charge in [-0.1, -0.05) is 44.2 Å². The van der Waals surface area contributed by atoms with E-state index < -0.39 is 0 Å². The van der Waals surface area contributed by atoms with Crippen molar-refractivity contribution in [2.75, 3.05) is 18.4 Å². The van der Waals surface area contributed by atoms with E-state index in [0.717, 1.165) is 51.4 Å². The van der Waals surface area contributed by atoms with Crippen LogP contribution < -0.4 is 5.32 Å². The Morgan fingerprint density at radius 1 is 1.30 bits per heavy atom. The molecule has 0 aliphatic heterocycles. The van der Waals surface area contributed by atoms with Crippen molar-refractivity contribution in [3.63, 3.8) is 0 Å². The van der Waals surface area contributed by atoms with Crippen molar-refractivity contribution in [3.8, 4) is 0 Å². The number of nitrogens with one attached hydrogen (secondary N) is 1. The molecule has 0 aromatic carbocycles. The van der Waals surface area contributed by atoms with Crippen LogP contribution in [0.4, 0.5) is 5.82 Å². The van der Waals surface area contributed by atoms with Gasteiger partial charge in [-0.3, -0.25) is 9.59 Å². The predicted octanol–water partition coefficient (Wildman–Crippen LogP) is 3.21. The Balaban J connectivity index is 1.88. The van der Waals surface area contributed by atoms with Gasteiger partial charge in [-0.25, -0.2) is 0 Å². The SMILES string of the molecule is CCCCCCN(CC(=O)Nc1ccon1)C(=O)C1CCCC1. The molecule has 0 unspecified atom stereocenters. The van der Waals surface area contributed by atoms with E-state index in [1.165, 1.54) is 6.26 Å². The first-order valence-electron chi connectivity index (χ1n) is 8.69. The second kappa shape index (κ2) is 9.33. The average molecular weight is 321 g/mol. The lowest BCUT2D eigenvalue weighted by Gasteiger charge is -2.25. The Hall–Kier alpha value is -1.85. The second-order valence-corrected chi connectivity index (χ2v) is 6.23. The quantitative estimate of drug-likeness (QED) is 0.709. The number of hydrogen-bond donors (Lipinski definition) is 1. The van der Waals surface area contributed by atoms with Gasteiger partial charge in [0.2, 0.25) is 11.8 Å². The first-order chi connectivity index (χ1) is 11.2. The van der Waals surface area contributed by atoms with E-state index in [2.05, 4.69) is 17.4 Å². The Morgan fingerprint density at radius 3 is 2.74 bits per heavy atom. The summed E-state index contributed by atoms with van der Waals surface area (Å²) in [6, 6.07) is 1.59. The minimum absolute atomic E-state index is 0.0916. The van der Waals surface area contributed by atoms with Crippen molar-refractivity contribution < 1.29 is 14.1 Å². The topological polar surface area (TPSA) is 75.4 Å². The van der Waals surface area contributed by atoms with Crippen molar-refractivity contribution in [1.29, 1.82) is 0 Å². The summed E-state index contributed by atoms with van der Waals surface area (Å²) < 4.78 is 4.70. The smallest absolute Gasteiger partial charge is 0.245 e. The van der Waals surface area contributed by atoms with Crippen LogP contribution in [0.5, 0.6) is 0 Å². The van der Waals surface area contributed by atoms with Crippen LogP contribution in [0.25, 0.3) is 0 Å². The van der Waals surface area contributed by atoms with E-state index in [4.69, 9.17) is 4.52 Å². The van der Waals surface area contributed by atoms with E-state index in [1.807, 2.05) is 0 Å².